The number of aryl methyl sites for hydroxylation is 2. The third-order valence-electron chi connectivity index (χ3n) is 7.91. The largest absolute Gasteiger partial charge is 0.492 e. The maximum Gasteiger partial charge on any atom is 0.323 e. The number of benzene rings is 1. The molecule has 1 aliphatic carbocycles. The molecule has 1 N–H and O–H groups in total. The monoisotopic (exact) mass is 536 g/mol. The molecule has 0 radical (unpaired) electrons. The van der Waals surface area contributed by atoms with Crippen molar-refractivity contribution < 1.29 is 19.0 Å². The van der Waals surface area contributed by atoms with Gasteiger partial charge in [-0.25, -0.2) is 4.98 Å². The molecular formula is C30H40N4O5. The van der Waals surface area contributed by atoms with Crippen LogP contribution in [0.5, 0.6) is 5.75 Å². The van der Waals surface area contributed by atoms with Crippen molar-refractivity contribution in [3.63, 3.8) is 0 Å². The van der Waals surface area contributed by atoms with E-state index in [1.165, 1.54) is 0 Å². The Kier molecular flexibility index (Phi) is 8.67. The first-order valence-corrected chi connectivity index (χ1v) is 14.2. The Bertz CT molecular complexity index is 1330. The Morgan fingerprint density at radius 1 is 1.21 bits per heavy atom. The number of carbonyl (C=O) groups is 1. The molecule has 3 heterocycles. The van der Waals surface area contributed by atoms with E-state index in [4.69, 9.17) is 19.2 Å². The van der Waals surface area contributed by atoms with Gasteiger partial charge < -0.3 is 28.7 Å². The third-order valence-corrected chi connectivity index (χ3v) is 7.91. The summed E-state index contributed by atoms with van der Waals surface area (Å²) in [6, 6.07) is 7.62. The molecule has 9 heteroatoms. The first-order chi connectivity index (χ1) is 18.9. The van der Waals surface area contributed by atoms with Crippen molar-refractivity contribution in [1.29, 1.82) is 0 Å². The van der Waals surface area contributed by atoms with Crippen LogP contribution in [0.4, 0.5) is 0 Å². The van der Waals surface area contributed by atoms with Gasteiger partial charge in [0.2, 0.25) is 0 Å². The second kappa shape index (κ2) is 12.3. The van der Waals surface area contributed by atoms with Crippen molar-refractivity contribution in [1.82, 2.24) is 19.4 Å². The first-order valence-electron chi connectivity index (χ1n) is 14.2. The topological polar surface area (TPSA) is 96.6 Å². The lowest BCUT2D eigenvalue weighted by Crippen LogP contribution is -2.42. The van der Waals surface area contributed by atoms with Crippen LogP contribution in [0.25, 0.3) is 22.4 Å². The number of imidazole rings is 1. The minimum Gasteiger partial charge on any atom is -0.492 e. The van der Waals surface area contributed by atoms with Crippen LogP contribution in [0.3, 0.4) is 0 Å². The fourth-order valence-electron chi connectivity index (χ4n) is 5.32. The summed E-state index contributed by atoms with van der Waals surface area (Å²) in [7, 11) is 1.78. The average Bonchev–Trinajstić information content (AvgIpc) is 3.27. The quantitative estimate of drug-likeness (QED) is 0.293. The number of nitrogens with zero attached hydrogens (tertiary/aromatic N) is 3. The summed E-state index contributed by atoms with van der Waals surface area (Å²) in [5, 5.41) is 3.27. The van der Waals surface area contributed by atoms with E-state index in [0.717, 1.165) is 80.0 Å². The highest BCUT2D eigenvalue weighted by molar-refractivity contribution is 5.82. The molecule has 0 unspecified atom stereocenters. The van der Waals surface area contributed by atoms with Crippen LogP contribution < -0.4 is 15.6 Å². The summed E-state index contributed by atoms with van der Waals surface area (Å²) in [4.78, 5) is 29.7. The maximum atomic E-state index is 12.4. The average molecular weight is 537 g/mol. The number of esters is 1. The molecule has 1 aromatic carbocycles. The van der Waals surface area contributed by atoms with Crippen molar-refractivity contribution >= 4 is 17.0 Å². The van der Waals surface area contributed by atoms with Gasteiger partial charge in [-0.1, -0.05) is 6.92 Å². The summed E-state index contributed by atoms with van der Waals surface area (Å²) < 4.78 is 21.1. The summed E-state index contributed by atoms with van der Waals surface area (Å²) in [6.07, 6.45) is 7.76. The molecule has 0 amide bonds. The van der Waals surface area contributed by atoms with Crippen LogP contribution in [-0.2, 0) is 27.9 Å². The van der Waals surface area contributed by atoms with E-state index in [-0.39, 0.29) is 23.7 Å². The van der Waals surface area contributed by atoms with Gasteiger partial charge in [-0.15, -0.1) is 0 Å². The standard InChI is InChI=1S/C30H40N4O5/c1-4-25(30(36)39-23-6-5-7-23)31-12-15-38-24-8-9-27-26(17-24)32-28(22-16-20(2)29(35)33(3)19-22)34(27)18-21-10-13-37-14-11-21/h8-9,16-17,19,21,23,25,31H,4-7,10-15,18H2,1-3H3/t25-/m0/s1. The molecule has 210 valence electrons. The molecule has 1 saturated carbocycles. The van der Waals surface area contributed by atoms with Crippen LogP contribution in [0.1, 0.15) is 51.0 Å². The second-order valence-electron chi connectivity index (χ2n) is 10.8. The molecule has 2 aliphatic rings. The van der Waals surface area contributed by atoms with Crippen LogP contribution in [0, 0.1) is 12.8 Å². The number of pyridine rings is 1. The minimum absolute atomic E-state index is 0.00301. The zero-order valence-electron chi connectivity index (χ0n) is 23.3. The minimum atomic E-state index is -0.314. The van der Waals surface area contributed by atoms with E-state index in [9.17, 15) is 9.59 Å². The predicted molar refractivity (Wildman–Crippen MR) is 150 cm³/mol. The number of rotatable bonds is 11. The summed E-state index contributed by atoms with van der Waals surface area (Å²) in [6.45, 7) is 7.20. The highest BCUT2D eigenvalue weighted by Gasteiger charge is 2.26. The Hall–Kier alpha value is -3.17. The van der Waals surface area contributed by atoms with Gasteiger partial charge in [0.25, 0.3) is 5.56 Å². The SMILES string of the molecule is CC[C@H](NCCOc1ccc2c(c1)nc(-c1cc(C)c(=O)n(C)c1)n2CC1CCOCC1)C(=O)OC1CCC1. The highest BCUT2D eigenvalue weighted by Crippen LogP contribution is 2.30. The molecule has 2 aromatic heterocycles. The summed E-state index contributed by atoms with van der Waals surface area (Å²) in [5.41, 5.74) is 3.50. The molecule has 39 heavy (non-hydrogen) atoms. The fourth-order valence-corrected chi connectivity index (χ4v) is 5.32. The number of hydrogen-bond acceptors (Lipinski definition) is 7. The second-order valence-corrected chi connectivity index (χ2v) is 10.8. The molecule has 0 spiro atoms. The molecule has 9 nitrogen and oxygen atoms in total. The van der Waals surface area contributed by atoms with Crippen LogP contribution in [0.2, 0.25) is 0 Å². The van der Waals surface area contributed by atoms with E-state index in [1.807, 2.05) is 38.2 Å². The molecule has 5 rings (SSSR count). The molecule has 0 bridgehead atoms. The Morgan fingerprint density at radius 3 is 2.69 bits per heavy atom. The molecule has 1 saturated heterocycles. The van der Waals surface area contributed by atoms with Gasteiger partial charge in [0.1, 0.15) is 30.3 Å². The molecule has 2 fully saturated rings. The number of ether oxygens (including phenoxy) is 3. The normalized spacial score (nSPS) is 17.2. The van der Waals surface area contributed by atoms with Crippen molar-refractivity contribution in [2.45, 2.75) is 71.1 Å². The van der Waals surface area contributed by atoms with Gasteiger partial charge in [-0.2, -0.15) is 0 Å². The Balaban J connectivity index is 1.31. The Labute approximate surface area is 229 Å². The molecule has 3 aromatic rings. The molecule has 1 aliphatic heterocycles. The number of carbonyl (C=O) groups excluding carboxylic acids is 1. The van der Waals surface area contributed by atoms with Gasteiger partial charge >= 0.3 is 5.97 Å². The van der Waals surface area contributed by atoms with Crippen LogP contribution >= 0.6 is 0 Å². The third kappa shape index (κ3) is 6.36. The van der Waals surface area contributed by atoms with Gasteiger partial charge in [-0.05, 0) is 69.6 Å². The zero-order valence-corrected chi connectivity index (χ0v) is 23.3. The smallest absolute Gasteiger partial charge is 0.323 e. The van der Waals surface area contributed by atoms with Crippen molar-refractivity contribution in [2.24, 2.45) is 13.0 Å². The maximum absolute atomic E-state index is 12.4. The highest BCUT2D eigenvalue weighted by atomic mass is 16.5. The lowest BCUT2D eigenvalue weighted by atomic mass is 9.96. The lowest BCUT2D eigenvalue weighted by molar-refractivity contribution is -0.155. The van der Waals surface area contributed by atoms with E-state index >= 15 is 0 Å². The van der Waals surface area contributed by atoms with E-state index in [0.29, 0.717) is 31.1 Å². The Morgan fingerprint density at radius 2 is 2.00 bits per heavy atom. The van der Waals surface area contributed by atoms with Gasteiger partial charge in [0, 0.05) is 56.7 Å². The summed E-state index contributed by atoms with van der Waals surface area (Å²) in [5.74, 6) is 1.92. The van der Waals surface area contributed by atoms with E-state index in [2.05, 4.69) is 16.0 Å². The van der Waals surface area contributed by atoms with Gasteiger partial charge in [0.05, 0.1) is 11.0 Å². The zero-order chi connectivity index (χ0) is 27.4. The van der Waals surface area contributed by atoms with Gasteiger partial charge in [0.15, 0.2) is 0 Å². The lowest BCUT2D eigenvalue weighted by Gasteiger charge is -2.27. The van der Waals surface area contributed by atoms with Crippen molar-refractivity contribution in [2.75, 3.05) is 26.4 Å². The van der Waals surface area contributed by atoms with E-state index in [1.54, 1.807) is 11.6 Å². The van der Waals surface area contributed by atoms with Crippen LogP contribution in [-0.4, -0.2) is 58.6 Å². The number of fused-ring (bicyclic) bond motifs is 1. The number of hydrogen-bond donors (Lipinski definition) is 1. The molecular weight excluding hydrogens is 496 g/mol. The van der Waals surface area contributed by atoms with Gasteiger partial charge in [-0.3, -0.25) is 9.59 Å². The van der Waals surface area contributed by atoms with Crippen molar-refractivity contribution in [3.05, 3.63) is 46.4 Å². The summed E-state index contributed by atoms with van der Waals surface area (Å²) >= 11 is 0. The number of aromatic nitrogens is 3. The molecule has 1 atom stereocenters. The fraction of sp³-hybridized carbons (Fsp3) is 0.567. The predicted octanol–water partition coefficient (Wildman–Crippen LogP) is 3.98. The van der Waals surface area contributed by atoms with E-state index < -0.39 is 0 Å². The van der Waals surface area contributed by atoms with Crippen LogP contribution in [0.15, 0.2) is 35.3 Å². The first kappa shape index (κ1) is 27.4. The van der Waals surface area contributed by atoms with Crippen molar-refractivity contribution in [3.8, 4) is 17.1 Å². The number of nitrogens with one attached hydrogen (secondary N) is 1.